The van der Waals surface area contributed by atoms with E-state index in [9.17, 15) is 5.11 Å². The van der Waals surface area contributed by atoms with E-state index < -0.39 is 6.10 Å². The van der Waals surface area contributed by atoms with Crippen molar-refractivity contribution in [2.75, 3.05) is 20.3 Å². The molecule has 110 valence electrons. The van der Waals surface area contributed by atoms with E-state index in [-0.39, 0.29) is 19.0 Å². The van der Waals surface area contributed by atoms with Gasteiger partial charge in [0.05, 0.1) is 13.2 Å². The number of hydrogen-bond acceptors (Lipinski definition) is 4. The lowest BCUT2D eigenvalue weighted by atomic mass is 10.2. The zero-order valence-electron chi connectivity index (χ0n) is 11.8. The average molecular weight is 290 g/mol. The lowest BCUT2D eigenvalue weighted by Gasteiger charge is -2.15. The summed E-state index contributed by atoms with van der Waals surface area (Å²) in [6.07, 6.45) is 0.203. The third-order valence-corrected chi connectivity index (χ3v) is 2.53. The Morgan fingerprint density at radius 1 is 1.21 bits per heavy atom. The van der Waals surface area contributed by atoms with Crippen LogP contribution in [0.15, 0.2) is 24.3 Å². The van der Waals surface area contributed by atoms with Crippen LogP contribution in [0.1, 0.15) is 20.3 Å². The summed E-state index contributed by atoms with van der Waals surface area (Å²) >= 11 is 0. The van der Waals surface area contributed by atoms with E-state index in [1.54, 1.807) is 7.11 Å². The maximum atomic E-state index is 9.78. The van der Waals surface area contributed by atoms with Gasteiger partial charge in [0.25, 0.3) is 0 Å². The van der Waals surface area contributed by atoms with Crippen molar-refractivity contribution in [1.82, 2.24) is 5.32 Å². The van der Waals surface area contributed by atoms with Crippen molar-refractivity contribution in [3.63, 3.8) is 0 Å². The number of benzene rings is 1. The first-order valence-corrected chi connectivity index (χ1v) is 6.30. The quantitative estimate of drug-likeness (QED) is 0.771. The molecule has 0 saturated carbocycles. The monoisotopic (exact) mass is 289 g/mol. The predicted molar refractivity (Wildman–Crippen MR) is 79.5 cm³/mol. The van der Waals surface area contributed by atoms with Crippen LogP contribution in [0.5, 0.6) is 11.5 Å². The second kappa shape index (κ2) is 9.89. The summed E-state index contributed by atoms with van der Waals surface area (Å²) in [6, 6.07) is 7.87. The molecule has 1 unspecified atom stereocenters. The number of rotatable bonds is 8. The van der Waals surface area contributed by atoms with Crippen LogP contribution < -0.4 is 14.8 Å². The topological polar surface area (TPSA) is 50.7 Å². The molecule has 0 aliphatic heterocycles. The molecule has 0 bridgehead atoms. The molecule has 1 rings (SSSR count). The Hall–Kier alpha value is -0.970. The van der Waals surface area contributed by atoms with Crippen molar-refractivity contribution >= 4 is 12.4 Å². The van der Waals surface area contributed by atoms with Crippen LogP contribution in [-0.4, -0.2) is 37.5 Å². The van der Waals surface area contributed by atoms with Gasteiger partial charge in [-0.2, -0.15) is 0 Å². The van der Waals surface area contributed by atoms with Gasteiger partial charge in [-0.15, -0.1) is 12.4 Å². The molecular formula is C14H24ClNO3. The van der Waals surface area contributed by atoms with E-state index in [1.807, 2.05) is 24.3 Å². The standard InChI is InChI=1S/C14H23NO3.ClH/c1-11(2)15-9-8-12(16)10-18-14-7-5-4-6-13(14)17-3;/h4-7,11-12,15-16H,8-10H2,1-3H3;1H. The van der Waals surface area contributed by atoms with Gasteiger partial charge >= 0.3 is 0 Å². The average Bonchev–Trinajstić information content (AvgIpc) is 2.36. The second-order valence-corrected chi connectivity index (χ2v) is 4.51. The van der Waals surface area contributed by atoms with E-state index in [0.29, 0.717) is 24.0 Å². The number of ether oxygens (including phenoxy) is 2. The van der Waals surface area contributed by atoms with Gasteiger partial charge in [-0.05, 0) is 25.1 Å². The SMILES string of the molecule is COc1ccccc1OCC(O)CCNC(C)C.Cl. The fourth-order valence-electron chi connectivity index (χ4n) is 1.55. The van der Waals surface area contributed by atoms with Gasteiger partial charge < -0.3 is 19.9 Å². The highest BCUT2D eigenvalue weighted by molar-refractivity contribution is 5.85. The summed E-state index contributed by atoms with van der Waals surface area (Å²) in [5, 5.41) is 13.0. The number of para-hydroxylation sites is 2. The summed E-state index contributed by atoms with van der Waals surface area (Å²) in [4.78, 5) is 0. The summed E-state index contributed by atoms with van der Waals surface area (Å²) in [7, 11) is 1.60. The first-order valence-electron chi connectivity index (χ1n) is 6.30. The number of aliphatic hydroxyl groups excluding tert-OH is 1. The molecule has 19 heavy (non-hydrogen) atoms. The van der Waals surface area contributed by atoms with Gasteiger partial charge in [-0.25, -0.2) is 0 Å². The van der Waals surface area contributed by atoms with Crippen LogP contribution in [-0.2, 0) is 0 Å². The lowest BCUT2D eigenvalue weighted by Crippen LogP contribution is -2.28. The highest BCUT2D eigenvalue weighted by Crippen LogP contribution is 2.25. The summed E-state index contributed by atoms with van der Waals surface area (Å²) in [5.74, 6) is 1.35. The fraction of sp³-hybridized carbons (Fsp3) is 0.571. The minimum atomic E-state index is -0.471. The molecule has 0 aromatic heterocycles. The molecule has 1 atom stereocenters. The van der Waals surface area contributed by atoms with E-state index in [4.69, 9.17) is 9.47 Å². The lowest BCUT2D eigenvalue weighted by molar-refractivity contribution is 0.0979. The van der Waals surface area contributed by atoms with Crippen molar-refractivity contribution in [3.05, 3.63) is 24.3 Å². The number of hydrogen-bond donors (Lipinski definition) is 2. The Morgan fingerprint density at radius 3 is 2.42 bits per heavy atom. The smallest absolute Gasteiger partial charge is 0.161 e. The third-order valence-electron chi connectivity index (χ3n) is 2.53. The summed E-state index contributed by atoms with van der Waals surface area (Å²) in [6.45, 7) is 5.23. The molecule has 4 nitrogen and oxygen atoms in total. The molecule has 0 aliphatic rings. The van der Waals surface area contributed by atoms with Crippen molar-refractivity contribution in [3.8, 4) is 11.5 Å². The molecule has 0 fully saturated rings. The van der Waals surface area contributed by atoms with Crippen molar-refractivity contribution in [2.24, 2.45) is 0 Å². The largest absolute Gasteiger partial charge is 0.493 e. The zero-order valence-corrected chi connectivity index (χ0v) is 12.6. The maximum absolute atomic E-state index is 9.78. The fourth-order valence-corrected chi connectivity index (χ4v) is 1.55. The highest BCUT2D eigenvalue weighted by atomic mass is 35.5. The van der Waals surface area contributed by atoms with Gasteiger partial charge in [-0.3, -0.25) is 0 Å². The van der Waals surface area contributed by atoms with Crippen LogP contribution in [0, 0.1) is 0 Å². The molecule has 0 heterocycles. The Kier molecular flexibility index (Phi) is 9.39. The van der Waals surface area contributed by atoms with Crippen LogP contribution in [0.2, 0.25) is 0 Å². The van der Waals surface area contributed by atoms with Gasteiger partial charge in [0.15, 0.2) is 11.5 Å². The summed E-state index contributed by atoms with van der Waals surface area (Å²) in [5.41, 5.74) is 0. The van der Waals surface area contributed by atoms with Crippen LogP contribution in [0.3, 0.4) is 0 Å². The molecule has 0 radical (unpaired) electrons. The first kappa shape index (κ1) is 18.0. The number of methoxy groups -OCH3 is 1. The first-order chi connectivity index (χ1) is 8.63. The molecule has 0 aliphatic carbocycles. The Labute approximate surface area is 121 Å². The maximum Gasteiger partial charge on any atom is 0.161 e. The van der Waals surface area contributed by atoms with Crippen molar-refractivity contribution < 1.29 is 14.6 Å². The number of aliphatic hydroxyl groups is 1. The van der Waals surface area contributed by atoms with Gasteiger partial charge in [0, 0.05) is 6.04 Å². The zero-order chi connectivity index (χ0) is 13.4. The summed E-state index contributed by atoms with van der Waals surface area (Å²) < 4.78 is 10.7. The Balaban J connectivity index is 0.00000324. The van der Waals surface area contributed by atoms with E-state index in [0.717, 1.165) is 6.54 Å². The Morgan fingerprint density at radius 2 is 1.84 bits per heavy atom. The molecule has 0 amide bonds. The van der Waals surface area contributed by atoms with Crippen LogP contribution in [0.25, 0.3) is 0 Å². The minimum Gasteiger partial charge on any atom is -0.493 e. The molecule has 2 N–H and O–H groups in total. The molecule has 1 aromatic rings. The van der Waals surface area contributed by atoms with Crippen LogP contribution in [0.4, 0.5) is 0 Å². The Bertz CT molecular complexity index is 347. The molecule has 0 spiro atoms. The van der Waals surface area contributed by atoms with E-state index >= 15 is 0 Å². The van der Waals surface area contributed by atoms with E-state index in [2.05, 4.69) is 19.2 Å². The highest BCUT2D eigenvalue weighted by Gasteiger charge is 2.08. The van der Waals surface area contributed by atoms with Crippen molar-refractivity contribution in [1.29, 1.82) is 0 Å². The second-order valence-electron chi connectivity index (χ2n) is 4.51. The van der Waals surface area contributed by atoms with Gasteiger partial charge in [0.2, 0.25) is 0 Å². The van der Waals surface area contributed by atoms with Gasteiger partial charge in [0.1, 0.15) is 6.61 Å². The molecule has 1 aromatic carbocycles. The van der Waals surface area contributed by atoms with Crippen molar-refractivity contribution in [2.45, 2.75) is 32.4 Å². The van der Waals surface area contributed by atoms with E-state index in [1.165, 1.54) is 0 Å². The van der Waals surface area contributed by atoms with Gasteiger partial charge in [-0.1, -0.05) is 26.0 Å². The number of nitrogens with one attached hydrogen (secondary N) is 1. The minimum absolute atomic E-state index is 0. The number of halogens is 1. The predicted octanol–water partition coefficient (Wildman–Crippen LogP) is 2.24. The third kappa shape index (κ3) is 7.25. The molecule has 0 saturated heterocycles. The van der Waals surface area contributed by atoms with Crippen LogP contribution >= 0.6 is 12.4 Å². The molecule has 5 heteroatoms. The normalized spacial score (nSPS) is 11.8. The molecular weight excluding hydrogens is 266 g/mol.